The van der Waals surface area contributed by atoms with E-state index in [4.69, 9.17) is 27.1 Å². The maximum absolute atomic E-state index is 6.87. The Kier molecular flexibility index (Phi) is 21.3. The van der Waals surface area contributed by atoms with Crippen molar-refractivity contribution in [3.05, 3.63) is 191 Å². The van der Waals surface area contributed by atoms with Gasteiger partial charge in [-0.05, 0) is 123 Å². The number of aryl methyl sites for hydroxylation is 6. The zero-order valence-electron chi connectivity index (χ0n) is 41.4. The van der Waals surface area contributed by atoms with Crippen LogP contribution in [0.1, 0.15) is 88.8 Å². The zero-order valence-corrected chi connectivity index (χ0v) is 43.1. The van der Waals surface area contributed by atoms with Gasteiger partial charge in [-0.25, -0.2) is 0 Å². The normalized spacial score (nSPS) is 11.1. The molecule has 0 fully saturated rings. The maximum atomic E-state index is 6.87. The Balaban J connectivity index is 0.00000113. The Morgan fingerprint density at radius 2 is 0.545 bits per heavy atom. The third-order valence-electron chi connectivity index (χ3n) is 9.99. The lowest BCUT2D eigenvalue weighted by Crippen LogP contribution is -2.06. The number of fused-ring (bicyclic) bond motifs is 2. The van der Waals surface area contributed by atoms with Gasteiger partial charge in [0.15, 0.2) is 0 Å². The standard InChI is InChI=1S/C50H44O6P2.4C2H6/c1-33-23-27-49(55-57(51-45-21-13-7-15-37(45)5)53-47-29-25-35(3)39-17-9-11-19-41(39)47)43(31-33)44-32-34(2)24-28-50(44)56-58(52-46-22-14-8-16-38(46)6)54-48-30-26-36(4)40-18-10-12-20-42(40)48;4*1-2/h7-32H,1-6H3;4*1-2H3. The summed E-state index contributed by atoms with van der Waals surface area (Å²) in [5.74, 6) is 3.86. The van der Waals surface area contributed by atoms with Gasteiger partial charge in [0.05, 0.1) is 0 Å². The Morgan fingerprint density at radius 1 is 0.258 bits per heavy atom. The summed E-state index contributed by atoms with van der Waals surface area (Å²) in [6.45, 7) is 28.3. The van der Waals surface area contributed by atoms with Crippen LogP contribution in [-0.2, 0) is 0 Å². The van der Waals surface area contributed by atoms with Crippen LogP contribution in [0.15, 0.2) is 158 Å². The summed E-state index contributed by atoms with van der Waals surface area (Å²) >= 11 is 0. The minimum absolute atomic E-state index is 0.576. The lowest BCUT2D eigenvalue weighted by molar-refractivity contribution is 0.386. The van der Waals surface area contributed by atoms with E-state index in [-0.39, 0.29) is 0 Å². The van der Waals surface area contributed by atoms with Crippen LogP contribution >= 0.6 is 17.2 Å². The largest absolute Gasteiger partial charge is 0.530 e. The summed E-state index contributed by atoms with van der Waals surface area (Å²) in [5, 5.41) is 4.17. The van der Waals surface area contributed by atoms with E-state index in [2.05, 4.69) is 76.2 Å². The summed E-state index contributed by atoms with van der Waals surface area (Å²) in [5.41, 5.74) is 7.97. The second-order valence-corrected chi connectivity index (χ2v) is 16.4. The summed E-state index contributed by atoms with van der Waals surface area (Å²) in [4.78, 5) is 0. The number of rotatable bonds is 13. The van der Waals surface area contributed by atoms with Gasteiger partial charge in [-0.2, -0.15) is 0 Å². The number of para-hydroxylation sites is 2. The second-order valence-electron chi connectivity index (χ2n) is 14.4. The molecule has 0 amide bonds. The molecule has 8 aromatic rings. The molecule has 0 aliphatic carbocycles. The van der Waals surface area contributed by atoms with Crippen molar-refractivity contribution in [1.82, 2.24) is 0 Å². The first-order valence-electron chi connectivity index (χ1n) is 23.2. The molecular formula is C58H68O6P2. The Morgan fingerprint density at radius 3 is 0.909 bits per heavy atom. The SMILES string of the molecule is CC.CC.CC.CC.Cc1ccc(OP(Oc2ccccc2C)Oc2ccc(C)c3ccccc23)c(-c2cc(C)ccc2OP(Oc2ccccc2C)Oc2ccc(C)c3ccccc23)c1. The third-order valence-corrected chi connectivity index (χ3v) is 12.1. The fraction of sp³-hybridized carbons (Fsp3) is 0.241. The van der Waals surface area contributed by atoms with E-state index < -0.39 is 17.2 Å². The minimum atomic E-state index is -2.02. The molecule has 0 spiro atoms. The fourth-order valence-corrected chi connectivity index (χ4v) is 9.02. The van der Waals surface area contributed by atoms with Crippen molar-refractivity contribution in [3.63, 3.8) is 0 Å². The highest BCUT2D eigenvalue weighted by atomic mass is 31.2. The highest BCUT2D eigenvalue weighted by Gasteiger charge is 2.28. The van der Waals surface area contributed by atoms with Crippen LogP contribution in [0.2, 0.25) is 0 Å². The average Bonchev–Trinajstić information content (AvgIpc) is 3.36. The smallest absolute Gasteiger partial charge is 0.408 e. The van der Waals surface area contributed by atoms with Crippen LogP contribution in [0.3, 0.4) is 0 Å². The molecule has 0 aromatic heterocycles. The van der Waals surface area contributed by atoms with Crippen LogP contribution in [0.5, 0.6) is 34.5 Å². The molecular weight excluding hydrogens is 855 g/mol. The molecule has 8 rings (SSSR count). The van der Waals surface area contributed by atoms with Crippen molar-refractivity contribution in [2.24, 2.45) is 0 Å². The van der Waals surface area contributed by atoms with E-state index >= 15 is 0 Å². The molecule has 2 atom stereocenters. The summed E-state index contributed by atoms with van der Waals surface area (Å²) in [7, 11) is -4.03. The molecule has 6 nitrogen and oxygen atoms in total. The highest BCUT2D eigenvalue weighted by Crippen LogP contribution is 2.51. The molecule has 0 bridgehead atoms. The van der Waals surface area contributed by atoms with Gasteiger partial charge in [-0.1, -0.05) is 176 Å². The van der Waals surface area contributed by atoms with Crippen molar-refractivity contribution >= 4 is 38.7 Å². The first-order chi connectivity index (χ1) is 32.2. The predicted molar refractivity (Wildman–Crippen MR) is 284 cm³/mol. The third kappa shape index (κ3) is 13.5. The van der Waals surface area contributed by atoms with Crippen LogP contribution in [0.4, 0.5) is 0 Å². The van der Waals surface area contributed by atoms with Crippen LogP contribution in [0.25, 0.3) is 32.7 Å². The van der Waals surface area contributed by atoms with E-state index in [9.17, 15) is 0 Å². The highest BCUT2D eigenvalue weighted by molar-refractivity contribution is 7.43. The second kappa shape index (κ2) is 26.8. The Labute approximate surface area is 397 Å². The monoisotopic (exact) mass is 922 g/mol. The van der Waals surface area contributed by atoms with Crippen LogP contribution < -0.4 is 27.1 Å². The van der Waals surface area contributed by atoms with Gasteiger partial charge in [-0.3, -0.25) is 0 Å². The first kappa shape index (κ1) is 52.6. The number of benzene rings is 8. The van der Waals surface area contributed by atoms with E-state index in [1.807, 2.05) is 178 Å². The Bertz CT molecular complexity index is 2560. The fourth-order valence-electron chi connectivity index (χ4n) is 6.78. The molecule has 346 valence electrons. The van der Waals surface area contributed by atoms with Gasteiger partial charge in [-0.15, -0.1) is 0 Å². The molecule has 66 heavy (non-hydrogen) atoms. The molecule has 0 aliphatic heterocycles. The van der Waals surface area contributed by atoms with Gasteiger partial charge in [0, 0.05) is 21.9 Å². The number of hydrogen-bond acceptors (Lipinski definition) is 6. The zero-order chi connectivity index (χ0) is 48.2. The molecule has 0 N–H and O–H groups in total. The van der Waals surface area contributed by atoms with Crippen molar-refractivity contribution in [1.29, 1.82) is 0 Å². The van der Waals surface area contributed by atoms with E-state index in [1.54, 1.807) is 0 Å². The first-order valence-corrected chi connectivity index (χ1v) is 25.4. The molecule has 0 saturated heterocycles. The minimum Gasteiger partial charge on any atom is -0.408 e. The van der Waals surface area contributed by atoms with Crippen molar-refractivity contribution < 1.29 is 27.1 Å². The molecule has 0 aliphatic rings. The topological polar surface area (TPSA) is 55.4 Å². The van der Waals surface area contributed by atoms with E-state index in [0.29, 0.717) is 34.5 Å². The molecule has 0 radical (unpaired) electrons. The van der Waals surface area contributed by atoms with Crippen molar-refractivity contribution in [2.75, 3.05) is 0 Å². The van der Waals surface area contributed by atoms with Gasteiger partial charge in [0.25, 0.3) is 0 Å². The van der Waals surface area contributed by atoms with Crippen LogP contribution in [0, 0.1) is 41.5 Å². The van der Waals surface area contributed by atoms with Gasteiger partial charge in [0.1, 0.15) is 34.5 Å². The van der Waals surface area contributed by atoms with Crippen molar-refractivity contribution in [3.8, 4) is 45.6 Å². The quantitative estimate of drug-likeness (QED) is 0.107. The summed E-state index contributed by atoms with van der Waals surface area (Å²) in [6.07, 6.45) is 0. The van der Waals surface area contributed by atoms with Crippen LogP contribution in [-0.4, -0.2) is 0 Å². The van der Waals surface area contributed by atoms with Crippen molar-refractivity contribution in [2.45, 2.75) is 96.9 Å². The molecule has 8 heteroatoms. The lowest BCUT2D eigenvalue weighted by Gasteiger charge is -2.23. The predicted octanol–water partition coefficient (Wildman–Crippen LogP) is 19.1. The number of hydrogen-bond donors (Lipinski definition) is 0. The lowest BCUT2D eigenvalue weighted by atomic mass is 10.00. The Hall–Kier alpha value is -6.06. The molecule has 0 saturated carbocycles. The van der Waals surface area contributed by atoms with Gasteiger partial charge < -0.3 is 27.1 Å². The maximum Gasteiger partial charge on any atom is 0.530 e. The summed E-state index contributed by atoms with van der Waals surface area (Å²) in [6, 6.07) is 52.4. The van der Waals surface area contributed by atoms with Gasteiger partial charge >= 0.3 is 17.2 Å². The molecule has 0 heterocycles. The average molecular weight is 923 g/mol. The molecule has 2 unspecified atom stereocenters. The van der Waals surface area contributed by atoms with E-state index in [1.165, 1.54) is 0 Å². The summed E-state index contributed by atoms with van der Waals surface area (Å²) < 4.78 is 40.4. The molecule has 8 aromatic carbocycles. The van der Waals surface area contributed by atoms with E-state index in [0.717, 1.165) is 66.1 Å². The van der Waals surface area contributed by atoms with Gasteiger partial charge in [0.2, 0.25) is 0 Å².